The lowest BCUT2D eigenvalue weighted by molar-refractivity contribution is -0.149. The first kappa shape index (κ1) is 14.4. The van der Waals surface area contributed by atoms with E-state index in [2.05, 4.69) is 20.8 Å². The first-order valence-corrected chi connectivity index (χ1v) is 7.39. The standard InChI is InChI=1S/C15H25NO3/c1-10(2)15(3)8-4-5-11(9-15)16-12(14(18)19)6-7-13(16)17/h10-12H,4-9H2,1-3H3,(H,18,19)/t11?,12-,15?/m0/s1. The van der Waals surface area contributed by atoms with E-state index in [4.69, 9.17) is 0 Å². The highest BCUT2D eigenvalue weighted by Gasteiger charge is 2.44. The predicted octanol–water partition coefficient (Wildman–Crippen LogP) is 2.67. The summed E-state index contributed by atoms with van der Waals surface area (Å²) in [6.45, 7) is 6.73. The largest absolute Gasteiger partial charge is 0.480 e. The van der Waals surface area contributed by atoms with Gasteiger partial charge >= 0.3 is 5.97 Å². The molecule has 1 N–H and O–H groups in total. The molecule has 19 heavy (non-hydrogen) atoms. The number of carboxylic acid groups (broad SMARTS) is 1. The van der Waals surface area contributed by atoms with Crippen LogP contribution in [0.2, 0.25) is 0 Å². The molecule has 2 rings (SSSR count). The Kier molecular flexibility index (Phi) is 3.88. The Morgan fingerprint density at radius 2 is 2.11 bits per heavy atom. The van der Waals surface area contributed by atoms with Crippen molar-refractivity contribution in [1.82, 2.24) is 4.90 Å². The van der Waals surface area contributed by atoms with Crippen LogP contribution in [0.3, 0.4) is 0 Å². The summed E-state index contributed by atoms with van der Waals surface area (Å²) >= 11 is 0. The second kappa shape index (κ2) is 5.14. The molecule has 2 aliphatic rings. The molecule has 3 atom stereocenters. The number of hydrogen-bond acceptors (Lipinski definition) is 2. The summed E-state index contributed by atoms with van der Waals surface area (Å²) in [7, 11) is 0. The maximum atomic E-state index is 12.0. The summed E-state index contributed by atoms with van der Waals surface area (Å²) in [4.78, 5) is 25.0. The van der Waals surface area contributed by atoms with Gasteiger partial charge in [-0.2, -0.15) is 0 Å². The van der Waals surface area contributed by atoms with Gasteiger partial charge in [-0.25, -0.2) is 4.79 Å². The van der Waals surface area contributed by atoms with Gasteiger partial charge in [0.05, 0.1) is 0 Å². The van der Waals surface area contributed by atoms with Crippen LogP contribution < -0.4 is 0 Å². The number of carbonyl (C=O) groups is 2. The Labute approximate surface area is 115 Å². The smallest absolute Gasteiger partial charge is 0.326 e. The first-order chi connectivity index (χ1) is 8.85. The summed E-state index contributed by atoms with van der Waals surface area (Å²) in [6, 6.07) is -0.468. The second-order valence-corrected chi connectivity index (χ2v) is 6.75. The molecule has 0 bridgehead atoms. The summed E-state index contributed by atoms with van der Waals surface area (Å²) in [5.74, 6) is -0.246. The van der Waals surface area contributed by atoms with Crippen LogP contribution in [0.5, 0.6) is 0 Å². The quantitative estimate of drug-likeness (QED) is 0.855. The fourth-order valence-electron chi connectivity index (χ4n) is 3.65. The number of aliphatic carboxylic acids is 1. The highest BCUT2D eigenvalue weighted by Crippen LogP contribution is 2.44. The average molecular weight is 267 g/mol. The Balaban J connectivity index is 2.16. The Bertz CT molecular complexity index is 380. The molecule has 1 aliphatic carbocycles. The fraction of sp³-hybridized carbons (Fsp3) is 0.867. The maximum absolute atomic E-state index is 12.0. The highest BCUT2D eigenvalue weighted by molar-refractivity contribution is 5.87. The number of hydrogen-bond donors (Lipinski definition) is 1. The van der Waals surface area contributed by atoms with E-state index >= 15 is 0 Å². The monoisotopic (exact) mass is 267 g/mol. The van der Waals surface area contributed by atoms with Crippen LogP contribution in [0.25, 0.3) is 0 Å². The molecule has 0 aromatic carbocycles. The van der Waals surface area contributed by atoms with Gasteiger partial charge < -0.3 is 10.0 Å². The van der Waals surface area contributed by atoms with Crippen molar-refractivity contribution >= 4 is 11.9 Å². The van der Waals surface area contributed by atoms with Gasteiger partial charge in [0.2, 0.25) is 5.91 Å². The van der Waals surface area contributed by atoms with Gasteiger partial charge in [-0.3, -0.25) is 4.79 Å². The minimum absolute atomic E-state index is 0.0328. The number of likely N-dealkylation sites (tertiary alicyclic amines) is 1. The number of carboxylic acids is 1. The van der Waals surface area contributed by atoms with Gasteiger partial charge in [-0.05, 0) is 37.0 Å². The molecular formula is C15H25NO3. The first-order valence-electron chi connectivity index (χ1n) is 7.39. The zero-order chi connectivity index (χ0) is 14.2. The lowest BCUT2D eigenvalue weighted by Crippen LogP contribution is -2.49. The lowest BCUT2D eigenvalue weighted by atomic mass is 9.66. The molecule has 108 valence electrons. The molecule has 1 saturated carbocycles. The van der Waals surface area contributed by atoms with E-state index in [1.807, 2.05) is 0 Å². The molecule has 0 aromatic rings. The minimum atomic E-state index is -0.845. The van der Waals surface area contributed by atoms with Crippen molar-refractivity contribution in [3.05, 3.63) is 0 Å². The molecule has 4 nitrogen and oxygen atoms in total. The third-order valence-corrected chi connectivity index (χ3v) is 5.31. The lowest BCUT2D eigenvalue weighted by Gasteiger charge is -2.45. The Morgan fingerprint density at radius 3 is 2.68 bits per heavy atom. The summed E-state index contributed by atoms with van der Waals surface area (Å²) in [5.41, 5.74) is 0.231. The third kappa shape index (κ3) is 2.63. The Morgan fingerprint density at radius 1 is 1.42 bits per heavy atom. The Hall–Kier alpha value is -1.06. The average Bonchev–Trinajstić information content (AvgIpc) is 2.71. The zero-order valence-electron chi connectivity index (χ0n) is 12.2. The fourth-order valence-corrected chi connectivity index (χ4v) is 3.65. The molecule has 2 fully saturated rings. The van der Waals surface area contributed by atoms with E-state index in [0.717, 1.165) is 19.3 Å². The molecular weight excluding hydrogens is 242 g/mol. The molecule has 0 spiro atoms. The van der Waals surface area contributed by atoms with Crippen molar-refractivity contribution < 1.29 is 14.7 Å². The molecule has 0 aromatic heterocycles. The molecule has 1 amide bonds. The normalized spacial score (nSPS) is 36.0. The highest BCUT2D eigenvalue weighted by atomic mass is 16.4. The number of nitrogens with zero attached hydrogens (tertiary/aromatic N) is 1. The van der Waals surface area contributed by atoms with Crippen molar-refractivity contribution in [3.63, 3.8) is 0 Å². The van der Waals surface area contributed by atoms with Crippen LogP contribution in [0, 0.1) is 11.3 Å². The van der Waals surface area contributed by atoms with Crippen molar-refractivity contribution in [2.24, 2.45) is 11.3 Å². The van der Waals surface area contributed by atoms with Crippen LogP contribution in [0.15, 0.2) is 0 Å². The van der Waals surface area contributed by atoms with Gasteiger partial charge in [-0.15, -0.1) is 0 Å². The molecule has 1 aliphatic heterocycles. The van der Waals surface area contributed by atoms with Crippen LogP contribution in [0.4, 0.5) is 0 Å². The number of rotatable bonds is 3. The van der Waals surface area contributed by atoms with Crippen molar-refractivity contribution in [2.45, 2.75) is 71.4 Å². The topological polar surface area (TPSA) is 57.6 Å². The van der Waals surface area contributed by atoms with Gasteiger partial charge in [0.25, 0.3) is 0 Å². The van der Waals surface area contributed by atoms with E-state index in [1.165, 1.54) is 6.42 Å². The van der Waals surface area contributed by atoms with Crippen LogP contribution in [0.1, 0.15) is 59.3 Å². The van der Waals surface area contributed by atoms with E-state index in [1.54, 1.807) is 4.90 Å². The van der Waals surface area contributed by atoms with Gasteiger partial charge in [0, 0.05) is 12.5 Å². The summed E-state index contributed by atoms with van der Waals surface area (Å²) in [5, 5.41) is 9.28. The predicted molar refractivity (Wildman–Crippen MR) is 72.7 cm³/mol. The maximum Gasteiger partial charge on any atom is 0.326 e. The SMILES string of the molecule is CC(C)C1(C)CCCC(N2C(=O)CC[C@H]2C(=O)O)C1. The van der Waals surface area contributed by atoms with E-state index in [9.17, 15) is 14.7 Å². The van der Waals surface area contributed by atoms with Crippen LogP contribution in [-0.2, 0) is 9.59 Å². The molecule has 4 heteroatoms. The molecule has 1 saturated heterocycles. The number of carbonyl (C=O) groups excluding carboxylic acids is 1. The molecule has 2 unspecified atom stereocenters. The van der Waals surface area contributed by atoms with Crippen molar-refractivity contribution in [2.75, 3.05) is 0 Å². The van der Waals surface area contributed by atoms with E-state index in [0.29, 0.717) is 18.8 Å². The van der Waals surface area contributed by atoms with Crippen LogP contribution in [-0.4, -0.2) is 34.0 Å². The minimum Gasteiger partial charge on any atom is -0.480 e. The number of amides is 1. The third-order valence-electron chi connectivity index (χ3n) is 5.31. The summed E-state index contributed by atoms with van der Waals surface area (Å²) < 4.78 is 0. The van der Waals surface area contributed by atoms with Gasteiger partial charge in [0.1, 0.15) is 6.04 Å². The summed E-state index contributed by atoms with van der Waals surface area (Å²) in [6.07, 6.45) is 5.04. The molecule has 1 heterocycles. The second-order valence-electron chi connectivity index (χ2n) is 6.75. The van der Waals surface area contributed by atoms with Crippen molar-refractivity contribution in [1.29, 1.82) is 0 Å². The van der Waals surface area contributed by atoms with Gasteiger partial charge in [0.15, 0.2) is 0 Å². The van der Waals surface area contributed by atoms with Crippen molar-refractivity contribution in [3.8, 4) is 0 Å². The molecule has 0 radical (unpaired) electrons. The van der Waals surface area contributed by atoms with E-state index in [-0.39, 0.29) is 17.4 Å². The van der Waals surface area contributed by atoms with Gasteiger partial charge in [-0.1, -0.05) is 27.2 Å². The van der Waals surface area contributed by atoms with Crippen LogP contribution >= 0.6 is 0 Å². The van der Waals surface area contributed by atoms with E-state index < -0.39 is 12.0 Å². The zero-order valence-corrected chi connectivity index (χ0v) is 12.2.